The van der Waals surface area contributed by atoms with E-state index in [4.69, 9.17) is 9.76 Å². The molecule has 1 unspecified atom stereocenters. The van der Waals surface area contributed by atoms with Crippen molar-refractivity contribution in [3.05, 3.63) is 89.6 Å². The highest BCUT2D eigenvalue weighted by Gasteiger charge is 2.38. The Bertz CT molecular complexity index is 1320. The van der Waals surface area contributed by atoms with Crippen LogP contribution in [0.2, 0.25) is 0 Å². The zero-order chi connectivity index (χ0) is 23.6. The van der Waals surface area contributed by atoms with Crippen molar-refractivity contribution < 1.29 is 28.2 Å². The molecule has 4 rings (SSSR count). The van der Waals surface area contributed by atoms with Gasteiger partial charge in [-0.3, -0.25) is 9.35 Å². The van der Waals surface area contributed by atoms with E-state index in [0.29, 0.717) is 11.3 Å². The van der Waals surface area contributed by atoms with Crippen LogP contribution in [0.25, 0.3) is 0 Å². The molecule has 1 heterocycles. The van der Waals surface area contributed by atoms with Gasteiger partial charge in [0, 0.05) is 17.7 Å². The van der Waals surface area contributed by atoms with Crippen molar-refractivity contribution in [2.75, 3.05) is 5.01 Å². The Morgan fingerprint density at radius 3 is 2.18 bits per heavy atom. The van der Waals surface area contributed by atoms with Crippen LogP contribution in [0.3, 0.4) is 0 Å². The molecular weight excluding hydrogens is 450 g/mol. The minimum absolute atomic E-state index is 0.0840. The topological polar surface area (TPSA) is 159 Å². The van der Waals surface area contributed by atoms with E-state index in [1.165, 1.54) is 41.4 Å². The molecule has 1 aliphatic rings. The maximum atomic E-state index is 13.1. The lowest BCUT2D eigenvalue weighted by Gasteiger charge is -2.12. The minimum Gasteiger partial charge on any atom is -0.595 e. The summed E-state index contributed by atoms with van der Waals surface area (Å²) >= 11 is 0. The Morgan fingerprint density at radius 1 is 0.970 bits per heavy atom. The second-order valence-electron chi connectivity index (χ2n) is 6.94. The van der Waals surface area contributed by atoms with Crippen molar-refractivity contribution in [1.82, 2.24) is 0 Å². The molecule has 0 saturated heterocycles. The first-order chi connectivity index (χ1) is 15.7. The predicted octanol–water partition coefficient (Wildman–Crippen LogP) is 2.24. The molecule has 1 amide bonds. The first-order valence-electron chi connectivity index (χ1n) is 9.54. The Kier molecular flexibility index (Phi) is 6.09. The number of benzene rings is 3. The zero-order valence-corrected chi connectivity index (χ0v) is 17.6. The van der Waals surface area contributed by atoms with Crippen LogP contribution in [0.1, 0.15) is 5.56 Å². The summed E-state index contributed by atoms with van der Waals surface area (Å²) < 4.78 is 31.5. The number of quaternary nitrogens is 1. The van der Waals surface area contributed by atoms with Crippen molar-refractivity contribution in [3.63, 3.8) is 0 Å². The van der Waals surface area contributed by atoms with Gasteiger partial charge >= 0.3 is 0 Å². The number of hydrogen-bond donors (Lipinski definition) is 3. The minimum atomic E-state index is -4.35. The maximum Gasteiger partial charge on any atom is 0.294 e. The monoisotopic (exact) mass is 467 g/mol. The van der Waals surface area contributed by atoms with Gasteiger partial charge in [-0.15, -0.1) is 0 Å². The van der Waals surface area contributed by atoms with Gasteiger partial charge in [-0.2, -0.15) is 34.0 Å². The van der Waals surface area contributed by atoms with Crippen LogP contribution in [0, 0.1) is 5.21 Å². The van der Waals surface area contributed by atoms with Crippen molar-refractivity contribution in [3.8, 4) is 0 Å². The molecule has 0 fully saturated rings. The second-order valence-corrected chi connectivity index (χ2v) is 8.36. The number of hydrogen-bond acceptors (Lipinski definition) is 8. The van der Waals surface area contributed by atoms with Gasteiger partial charge < -0.3 is 5.21 Å². The SMILES string of the molecule is O=C1[C@@H](N=Nc2ccc(S(=O)(=O)O)cc2)C(c2ccc([NH+]([O-])O)cc2)=NN1c1ccccc1. The lowest BCUT2D eigenvalue weighted by molar-refractivity contribution is -0.991. The average Bonchev–Trinajstić information content (AvgIpc) is 3.14. The van der Waals surface area contributed by atoms with Crippen LogP contribution in [0.5, 0.6) is 0 Å². The number of rotatable bonds is 6. The van der Waals surface area contributed by atoms with E-state index in [1.54, 1.807) is 30.3 Å². The summed E-state index contributed by atoms with van der Waals surface area (Å²) in [5, 5.41) is 33.0. The van der Waals surface area contributed by atoms with Gasteiger partial charge in [0.1, 0.15) is 5.71 Å². The lowest BCUT2D eigenvalue weighted by atomic mass is 10.0. The highest BCUT2D eigenvalue weighted by atomic mass is 32.2. The predicted molar refractivity (Wildman–Crippen MR) is 117 cm³/mol. The quantitative estimate of drug-likeness (QED) is 0.286. The lowest BCUT2D eigenvalue weighted by Crippen LogP contribution is -2.99. The molecule has 0 bridgehead atoms. The number of amides is 1. The van der Waals surface area contributed by atoms with E-state index in [2.05, 4.69) is 15.3 Å². The summed E-state index contributed by atoms with van der Waals surface area (Å²) in [5.74, 6) is -0.461. The van der Waals surface area contributed by atoms with Crippen molar-refractivity contribution >= 4 is 38.8 Å². The average molecular weight is 467 g/mol. The Balaban J connectivity index is 1.68. The van der Waals surface area contributed by atoms with E-state index in [0.717, 1.165) is 12.1 Å². The normalized spacial score (nSPS) is 17.4. The van der Waals surface area contributed by atoms with Crippen molar-refractivity contribution in [2.24, 2.45) is 15.3 Å². The maximum absolute atomic E-state index is 13.1. The number of hydrazone groups is 1. The molecule has 3 aromatic rings. The van der Waals surface area contributed by atoms with Crippen molar-refractivity contribution in [1.29, 1.82) is 0 Å². The zero-order valence-electron chi connectivity index (χ0n) is 16.8. The van der Waals surface area contributed by atoms with E-state index in [1.807, 2.05) is 0 Å². The number of para-hydroxylation sites is 1. The third-order valence-corrected chi connectivity index (χ3v) is 5.63. The van der Waals surface area contributed by atoms with Gasteiger partial charge in [-0.05, 0) is 48.5 Å². The van der Waals surface area contributed by atoms with Gasteiger partial charge in [0.15, 0.2) is 11.7 Å². The molecule has 11 nitrogen and oxygen atoms in total. The first-order valence-corrected chi connectivity index (χ1v) is 11.0. The summed E-state index contributed by atoms with van der Waals surface area (Å²) in [5.41, 5.74) is 1.64. The molecule has 0 radical (unpaired) electrons. The largest absolute Gasteiger partial charge is 0.595 e. The number of carbonyl (C=O) groups is 1. The Hall–Kier alpha value is -3.81. The summed E-state index contributed by atoms with van der Waals surface area (Å²) in [7, 11) is -4.35. The highest BCUT2D eigenvalue weighted by Crippen LogP contribution is 2.26. The molecule has 0 saturated carbocycles. The van der Waals surface area contributed by atoms with Gasteiger partial charge in [0.2, 0.25) is 0 Å². The van der Waals surface area contributed by atoms with Crippen LogP contribution in [-0.4, -0.2) is 35.8 Å². The fourth-order valence-electron chi connectivity index (χ4n) is 3.11. The fourth-order valence-corrected chi connectivity index (χ4v) is 3.59. The molecule has 168 valence electrons. The standard InChI is InChI=1S/C21H17N5O6S/c27-21-20(23-22-15-8-12-18(13-9-15)33(30,31)32)19(14-6-10-17(11-7-14)26(28)29)24-25(21)16-4-2-1-3-5-16/h1-13,20,26,28H,(H,30,31,32)/t20-/m0/s1. The third kappa shape index (κ3) is 4.84. The van der Waals surface area contributed by atoms with Crippen LogP contribution >= 0.6 is 0 Å². The molecule has 12 heteroatoms. The fraction of sp³-hybridized carbons (Fsp3) is 0.0476. The molecule has 1 aliphatic heterocycles. The van der Waals surface area contributed by atoms with Crippen molar-refractivity contribution in [2.45, 2.75) is 10.9 Å². The van der Waals surface area contributed by atoms with Gasteiger partial charge in [-0.1, -0.05) is 18.2 Å². The molecule has 0 spiro atoms. The third-order valence-electron chi connectivity index (χ3n) is 4.76. The van der Waals surface area contributed by atoms with Crippen LogP contribution < -0.4 is 10.2 Å². The first kappa shape index (κ1) is 22.4. The molecule has 2 atom stereocenters. The van der Waals surface area contributed by atoms with E-state index in [9.17, 15) is 18.4 Å². The Labute approximate surface area is 188 Å². The molecular formula is C21H17N5O6S. The molecule has 33 heavy (non-hydrogen) atoms. The summed E-state index contributed by atoms with van der Waals surface area (Å²) in [6.07, 6.45) is 0. The highest BCUT2D eigenvalue weighted by molar-refractivity contribution is 7.85. The second kappa shape index (κ2) is 8.97. The smallest absolute Gasteiger partial charge is 0.294 e. The molecule has 0 aliphatic carbocycles. The number of carbonyl (C=O) groups excluding carboxylic acids is 1. The summed E-state index contributed by atoms with van der Waals surface area (Å²) in [6.45, 7) is 0. The molecule has 3 N–H and O–H groups in total. The Morgan fingerprint density at radius 2 is 1.61 bits per heavy atom. The summed E-state index contributed by atoms with van der Waals surface area (Å²) in [6, 6.07) is 18.5. The van der Waals surface area contributed by atoms with E-state index >= 15 is 0 Å². The number of anilines is 1. The molecule has 3 aromatic carbocycles. The van der Waals surface area contributed by atoms with Crippen LogP contribution in [0.15, 0.2) is 99.1 Å². The van der Waals surface area contributed by atoms with Gasteiger partial charge in [-0.25, -0.2) is 5.21 Å². The number of azo groups is 1. The van der Waals surface area contributed by atoms with Crippen LogP contribution in [0.4, 0.5) is 17.1 Å². The number of nitrogens with one attached hydrogen (secondary N) is 1. The van der Waals surface area contributed by atoms with E-state index in [-0.39, 0.29) is 22.0 Å². The summed E-state index contributed by atoms with van der Waals surface area (Å²) in [4.78, 5) is 12.8. The number of nitrogens with zero attached hydrogens (tertiary/aromatic N) is 4. The molecule has 0 aromatic heterocycles. The van der Waals surface area contributed by atoms with Gasteiger partial charge in [0.25, 0.3) is 16.0 Å². The van der Waals surface area contributed by atoms with E-state index < -0.39 is 27.3 Å². The van der Waals surface area contributed by atoms with Crippen LogP contribution in [-0.2, 0) is 14.9 Å². The van der Waals surface area contributed by atoms with Gasteiger partial charge in [0.05, 0.1) is 16.3 Å².